The van der Waals surface area contributed by atoms with Gasteiger partial charge in [-0.25, -0.2) is 8.42 Å². The third kappa shape index (κ3) is 2.48. The van der Waals surface area contributed by atoms with Gasteiger partial charge in [0.1, 0.15) is 5.75 Å². The quantitative estimate of drug-likeness (QED) is 0.854. The number of methoxy groups -OCH3 is 2. The summed E-state index contributed by atoms with van der Waals surface area (Å²) in [5.41, 5.74) is 6.26. The molecule has 0 heterocycles. The summed E-state index contributed by atoms with van der Waals surface area (Å²) < 4.78 is 33.8. The van der Waals surface area contributed by atoms with Crippen molar-refractivity contribution < 1.29 is 17.9 Å². The van der Waals surface area contributed by atoms with E-state index in [-0.39, 0.29) is 12.5 Å². The van der Waals surface area contributed by atoms with Crippen LogP contribution in [-0.4, -0.2) is 46.3 Å². The van der Waals surface area contributed by atoms with Gasteiger partial charge in [0, 0.05) is 19.3 Å². The van der Waals surface area contributed by atoms with Crippen molar-refractivity contribution in [2.24, 2.45) is 5.73 Å². The second-order valence-electron chi connectivity index (χ2n) is 5.05. The number of hydrogen-bond donors (Lipinski definition) is 1. The predicted molar refractivity (Wildman–Crippen MR) is 73.2 cm³/mol. The number of ether oxygens (including phenoxy) is 2. The molecule has 2 rings (SSSR count). The minimum Gasteiger partial charge on any atom is -0.497 e. The van der Waals surface area contributed by atoms with Crippen molar-refractivity contribution in [1.82, 2.24) is 0 Å². The topological polar surface area (TPSA) is 78.6 Å². The van der Waals surface area contributed by atoms with E-state index in [2.05, 4.69) is 0 Å². The maximum absolute atomic E-state index is 11.8. The average Bonchev–Trinajstić information content (AvgIpc) is 2.96. The number of sulfone groups is 1. The van der Waals surface area contributed by atoms with Crippen molar-refractivity contribution in [1.29, 1.82) is 0 Å². The standard InChI is InChI=1S/C13H19NO4S/c1-17-8-13(14)11(12(13)19(3,15)16)9-4-6-10(18-2)7-5-9/h4-7,11-12H,8,14H2,1-3H3/t11-,12-,13+/m0/s1. The van der Waals surface area contributed by atoms with Gasteiger partial charge in [0.2, 0.25) is 0 Å². The van der Waals surface area contributed by atoms with Gasteiger partial charge >= 0.3 is 0 Å². The van der Waals surface area contributed by atoms with Crippen LogP contribution in [0.4, 0.5) is 0 Å². The van der Waals surface area contributed by atoms with E-state index in [1.165, 1.54) is 13.4 Å². The lowest BCUT2D eigenvalue weighted by Crippen LogP contribution is -2.35. The van der Waals surface area contributed by atoms with Crippen molar-refractivity contribution in [3.63, 3.8) is 0 Å². The van der Waals surface area contributed by atoms with Gasteiger partial charge in [-0.15, -0.1) is 0 Å². The van der Waals surface area contributed by atoms with Gasteiger partial charge in [-0.2, -0.15) is 0 Å². The molecule has 6 heteroatoms. The molecule has 1 aliphatic carbocycles. The zero-order valence-electron chi connectivity index (χ0n) is 11.3. The largest absolute Gasteiger partial charge is 0.497 e. The number of nitrogens with two attached hydrogens (primary N) is 1. The van der Waals surface area contributed by atoms with Crippen LogP contribution in [0.2, 0.25) is 0 Å². The molecule has 0 unspecified atom stereocenters. The van der Waals surface area contributed by atoms with Gasteiger partial charge < -0.3 is 15.2 Å². The maximum Gasteiger partial charge on any atom is 0.152 e. The van der Waals surface area contributed by atoms with Crippen LogP contribution >= 0.6 is 0 Å². The third-order valence-electron chi connectivity index (χ3n) is 3.63. The molecule has 106 valence electrons. The van der Waals surface area contributed by atoms with Crippen molar-refractivity contribution >= 4 is 9.84 Å². The SMILES string of the molecule is COC[C@@]1(N)[C@@H](c2ccc(OC)cc2)[C@@H]1S(C)(=O)=O. The highest BCUT2D eigenvalue weighted by Gasteiger charge is 2.67. The first kappa shape index (κ1) is 14.3. The Balaban J connectivity index is 2.32. The lowest BCUT2D eigenvalue weighted by molar-refractivity contribution is 0.171. The monoisotopic (exact) mass is 285 g/mol. The normalized spacial score (nSPS) is 30.1. The molecule has 0 spiro atoms. The lowest BCUT2D eigenvalue weighted by Gasteiger charge is -2.10. The van der Waals surface area contributed by atoms with Gasteiger partial charge in [-0.1, -0.05) is 12.1 Å². The fraction of sp³-hybridized carbons (Fsp3) is 0.538. The second-order valence-corrected chi connectivity index (χ2v) is 7.21. The third-order valence-corrected chi connectivity index (χ3v) is 5.27. The minimum atomic E-state index is -3.21. The van der Waals surface area contributed by atoms with Crippen LogP contribution in [-0.2, 0) is 14.6 Å². The van der Waals surface area contributed by atoms with Crippen LogP contribution in [0.3, 0.4) is 0 Å². The number of hydrogen-bond acceptors (Lipinski definition) is 5. The molecule has 1 aromatic carbocycles. The first-order valence-corrected chi connectivity index (χ1v) is 7.90. The molecular formula is C13H19NO4S. The molecule has 5 nitrogen and oxygen atoms in total. The molecule has 1 aliphatic rings. The summed E-state index contributed by atoms with van der Waals surface area (Å²) in [6.45, 7) is 0.224. The van der Waals surface area contributed by atoms with E-state index >= 15 is 0 Å². The smallest absolute Gasteiger partial charge is 0.152 e. The van der Waals surface area contributed by atoms with Crippen LogP contribution in [0, 0.1) is 0 Å². The highest BCUT2D eigenvalue weighted by atomic mass is 32.2. The summed E-state index contributed by atoms with van der Waals surface area (Å²) in [6, 6.07) is 7.32. The van der Waals surface area contributed by atoms with E-state index in [1.54, 1.807) is 19.2 Å². The van der Waals surface area contributed by atoms with E-state index in [1.807, 2.05) is 12.1 Å². The molecule has 2 N–H and O–H groups in total. The fourth-order valence-corrected chi connectivity index (χ4v) is 4.63. The molecule has 0 saturated heterocycles. The van der Waals surface area contributed by atoms with Crippen molar-refractivity contribution in [3.8, 4) is 5.75 Å². The van der Waals surface area contributed by atoms with Crippen molar-refractivity contribution in [2.45, 2.75) is 16.7 Å². The van der Waals surface area contributed by atoms with E-state index < -0.39 is 20.6 Å². The highest BCUT2D eigenvalue weighted by Crippen LogP contribution is 2.54. The number of rotatable bonds is 5. The van der Waals surface area contributed by atoms with E-state index in [0.29, 0.717) is 0 Å². The molecule has 1 saturated carbocycles. The summed E-state index contributed by atoms with van der Waals surface area (Å²) in [7, 11) is -0.0967. The van der Waals surface area contributed by atoms with Gasteiger partial charge in [-0.05, 0) is 17.7 Å². The Morgan fingerprint density at radius 3 is 2.26 bits per heavy atom. The van der Waals surface area contributed by atoms with Gasteiger partial charge in [-0.3, -0.25) is 0 Å². The molecule has 3 atom stereocenters. The molecule has 0 radical (unpaired) electrons. The molecule has 0 amide bonds. The first-order valence-electron chi connectivity index (χ1n) is 5.95. The Kier molecular flexibility index (Phi) is 3.59. The number of benzene rings is 1. The van der Waals surface area contributed by atoms with Crippen LogP contribution in [0.1, 0.15) is 11.5 Å². The van der Waals surface area contributed by atoms with Crippen LogP contribution in [0.25, 0.3) is 0 Å². The summed E-state index contributed by atoms with van der Waals surface area (Å²) in [6.07, 6.45) is 1.22. The first-order chi connectivity index (χ1) is 8.84. The van der Waals surface area contributed by atoms with Crippen molar-refractivity contribution in [3.05, 3.63) is 29.8 Å². The van der Waals surface area contributed by atoms with Crippen LogP contribution in [0.5, 0.6) is 5.75 Å². The lowest BCUT2D eigenvalue weighted by atomic mass is 10.1. The predicted octanol–water partition coefficient (Wildman–Crippen LogP) is 0.549. The molecule has 0 aliphatic heterocycles. The maximum atomic E-state index is 11.8. The van der Waals surface area contributed by atoms with E-state index in [0.717, 1.165) is 11.3 Å². The van der Waals surface area contributed by atoms with Gasteiger partial charge in [0.05, 0.1) is 24.5 Å². The zero-order chi connectivity index (χ0) is 14.3. The Morgan fingerprint density at radius 1 is 1.26 bits per heavy atom. The Bertz CT molecular complexity index is 555. The minimum absolute atomic E-state index is 0.224. The summed E-state index contributed by atoms with van der Waals surface area (Å²) in [4.78, 5) is 0. The highest BCUT2D eigenvalue weighted by molar-refractivity contribution is 7.91. The summed E-state index contributed by atoms with van der Waals surface area (Å²) >= 11 is 0. The summed E-state index contributed by atoms with van der Waals surface area (Å²) in [5.74, 6) is 0.503. The molecule has 0 aromatic heterocycles. The molecular weight excluding hydrogens is 266 g/mol. The molecule has 1 fully saturated rings. The second kappa shape index (κ2) is 4.77. The molecule has 1 aromatic rings. The zero-order valence-corrected chi connectivity index (χ0v) is 12.1. The summed E-state index contributed by atoms with van der Waals surface area (Å²) in [5, 5.41) is -0.589. The average molecular weight is 285 g/mol. The van der Waals surface area contributed by atoms with E-state index in [9.17, 15) is 8.42 Å². The molecule has 19 heavy (non-hydrogen) atoms. The van der Waals surface area contributed by atoms with E-state index in [4.69, 9.17) is 15.2 Å². The Morgan fingerprint density at radius 2 is 1.84 bits per heavy atom. The van der Waals surface area contributed by atoms with Crippen LogP contribution in [0.15, 0.2) is 24.3 Å². The van der Waals surface area contributed by atoms with Crippen molar-refractivity contribution in [2.75, 3.05) is 27.1 Å². The van der Waals surface area contributed by atoms with Crippen LogP contribution < -0.4 is 10.5 Å². The Hall–Kier alpha value is -1.11. The fourth-order valence-electron chi connectivity index (χ4n) is 2.79. The van der Waals surface area contributed by atoms with Gasteiger partial charge in [0.25, 0.3) is 0 Å². The van der Waals surface area contributed by atoms with Gasteiger partial charge in [0.15, 0.2) is 9.84 Å². The molecule has 0 bridgehead atoms. The Labute approximate surface area is 113 Å².